The van der Waals surface area contributed by atoms with Crippen LogP contribution < -0.4 is 20.2 Å². The molecular weight excluding hydrogens is 371 g/mol. The number of rotatable bonds is 7. The molecule has 0 aromatic heterocycles. The highest BCUT2D eigenvalue weighted by Crippen LogP contribution is 2.63. The molecule has 28 heavy (non-hydrogen) atoms. The van der Waals surface area contributed by atoms with Gasteiger partial charge < -0.3 is 45.3 Å². The zero-order chi connectivity index (χ0) is 20.3. The van der Waals surface area contributed by atoms with Gasteiger partial charge in [0.15, 0.2) is 0 Å². The first-order valence-corrected chi connectivity index (χ1v) is 9.23. The molecule has 2 atom stereocenters. The third kappa shape index (κ3) is 3.23. The Labute approximate surface area is 161 Å². The van der Waals surface area contributed by atoms with Gasteiger partial charge in [0.2, 0.25) is 0 Å². The van der Waals surface area contributed by atoms with E-state index in [4.69, 9.17) is 15.1 Å². The van der Waals surface area contributed by atoms with Crippen LogP contribution >= 0.6 is 0 Å². The van der Waals surface area contributed by atoms with E-state index in [0.29, 0.717) is 25.1 Å². The van der Waals surface area contributed by atoms with Crippen LogP contribution in [0.3, 0.4) is 0 Å². The normalized spacial score (nSPS) is 25.9. The molecule has 1 aromatic carbocycles. The molecule has 2 aliphatic heterocycles. The Balaban J connectivity index is 1.49. The Morgan fingerprint density at radius 2 is 2.04 bits per heavy atom. The number of ether oxygens (including phenoxy) is 1. The lowest BCUT2D eigenvalue weighted by Crippen LogP contribution is -2.63. The number of aliphatic hydroxyl groups is 2. The number of carbonyl (C=O) groups is 1. The zero-order valence-electron chi connectivity index (χ0n) is 15.2. The fourth-order valence-corrected chi connectivity index (χ4v) is 4.11. The zero-order valence-corrected chi connectivity index (χ0v) is 15.2. The monoisotopic (exact) mass is 394 g/mol. The SMILES string of the molecule is NC(CO)(CO)CN1CC(Oc2ccc3c(c2C(=O)[O-])O[B-](O)(O)[C@H]2C[C@@H]32)C1. The van der Waals surface area contributed by atoms with E-state index >= 15 is 0 Å². The summed E-state index contributed by atoms with van der Waals surface area (Å²) in [7, 11) is 0. The summed E-state index contributed by atoms with van der Waals surface area (Å²) in [6.07, 6.45) is 0.203. The minimum absolute atomic E-state index is 0.0393. The van der Waals surface area contributed by atoms with Crippen molar-refractivity contribution in [2.75, 3.05) is 32.8 Å². The molecule has 4 rings (SSSR count). The van der Waals surface area contributed by atoms with E-state index < -0.39 is 24.1 Å². The number of hydrogen-bond donors (Lipinski definition) is 5. The van der Waals surface area contributed by atoms with Gasteiger partial charge in [-0.05, 0) is 17.5 Å². The van der Waals surface area contributed by atoms with E-state index in [1.807, 2.05) is 4.90 Å². The van der Waals surface area contributed by atoms with Gasteiger partial charge in [-0.2, -0.15) is 0 Å². The van der Waals surface area contributed by atoms with Crippen LogP contribution in [-0.4, -0.2) is 82.4 Å². The molecule has 0 amide bonds. The number of hydrogen-bond acceptors (Lipinski definition) is 10. The smallest absolute Gasteiger partial charge is 0.434 e. The maximum atomic E-state index is 11.7. The molecule has 0 spiro atoms. The van der Waals surface area contributed by atoms with E-state index in [1.54, 1.807) is 6.07 Å². The Bertz CT molecular complexity index is 794. The summed E-state index contributed by atoms with van der Waals surface area (Å²) in [5.41, 5.74) is 5.03. The number of fused-ring (bicyclic) bond motifs is 3. The Morgan fingerprint density at radius 1 is 1.36 bits per heavy atom. The van der Waals surface area contributed by atoms with E-state index in [1.165, 1.54) is 6.07 Å². The molecule has 0 radical (unpaired) electrons. The molecule has 3 aliphatic rings. The minimum atomic E-state index is -3.11. The molecule has 0 bridgehead atoms. The van der Waals surface area contributed by atoms with Gasteiger partial charge >= 0.3 is 6.75 Å². The maximum Gasteiger partial charge on any atom is 0.434 e. The Kier molecular flexibility index (Phi) is 4.57. The summed E-state index contributed by atoms with van der Waals surface area (Å²) >= 11 is 0. The van der Waals surface area contributed by atoms with E-state index in [0.717, 1.165) is 0 Å². The average Bonchev–Trinajstić information content (AvgIpc) is 3.40. The van der Waals surface area contributed by atoms with Gasteiger partial charge in [0, 0.05) is 19.6 Å². The van der Waals surface area contributed by atoms with Crippen molar-refractivity contribution in [3.05, 3.63) is 23.3 Å². The fraction of sp³-hybridized carbons (Fsp3) is 0.588. The summed E-state index contributed by atoms with van der Waals surface area (Å²) in [4.78, 5) is 13.6. The van der Waals surface area contributed by atoms with Gasteiger partial charge in [0.05, 0.1) is 36.0 Å². The molecule has 154 valence electrons. The summed E-state index contributed by atoms with van der Waals surface area (Å²) in [6, 6.07) is 3.22. The largest absolute Gasteiger partial charge is 0.669 e. The first-order chi connectivity index (χ1) is 13.2. The van der Waals surface area contributed by atoms with Crippen LogP contribution in [0.1, 0.15) is 28.3 Å². The maximum absolute atomic E-state index is 11.7. The van der Waals surface area contributed by atoms with E-state index in [9.17, 15) is 30.2 Å². The number of aliphatic hydroxyl groups excluding tert-OH is 2. The van der Waals surface area contributed by atoms with Crippen LogP contribution in [0.25, 0.3) is 0 Å². The number of aromatic carboxylic acids is 1. The van der Waals surface area contributed by atoms with Crippen molar-refractivity contribution in [2.45, 2.75) is 29.8 Å². The second kappa shape index (κ2) is 6.58. The molecule has 1 saturated heterocycles. The molecule has 2 heterocycles. The summed E-state index contributed by atoms with van der Waals surface area (Å²) in [5, 5.41) is 50.3. The first kappa shape index (κ1) is 19.4. The van der Waals surface area contributed by atoms with Gasteiger partial charge in [0.1, 0.15) is 11.9 Å². The first-order valence-electron chi connectivity index (χ1n) is 9.23. The van der Waals surface area contributed by atoms with Crippen LogP contribution in [0.2, 0.25) is 5.82 Å². The van der Waals surface area contributed by atoms with Crippen LogP contribution in [0.5, 0.6) is 11.5 Å². The van der Waals surface area contributed by atoms with Crippen LogP contribution in [0.15, 0.2) is 12.1 Å². The molecule has 11 heteroatoms. The fourth-order valence-electron chi connectivity index (χ4n) is 4.11. The van der Waals surface area contributed by atoms with Gasteiger partial charge in [-0.3, -0.25) is 4.90 Å². The molecule has 6 N–H and O–H groups in total. The number of carbonyl (C=O) groups excluding carboxylic acids is 1. The summed E-state index contributed by atoms with van der Waals surface area (Å²) in [6.45, 7) is -2.71. The number of nitrogens with zero attached hydrogens (tertiary/aromatic N) is 1. The third-order valence-electron chi connectivity index (χ3n) is 5.83. The highest BCUT2D eigenvalue weighted by Gasteiger charge is 2.55. The van der Waals surface area contributed by atoms with Crippen molar-refractivity contribution in [1.82, 2.24) is 4.90 Å². The van der Waals surface area contributed by atoms with E-state index in [-0.39, 0.29) is 48.8 Å². The van der Waals surface area contributed by atoms with Gasteiger partial charge in [-0.15, -0.1) is 0 Å². The lowest BCUT2D eigenvalue weighted by molar-refractivity contribution is -0.255. The third-order valence-corrected chi connectivity index (χ3v) is 5.83. The second-order valence-corrected chi connectivity index (χ2v) is 8.14. The average molecular weight is 394 g/mol. The lowest BCUT2D eigenvalue weighted by Gasteiger charge is -2.43. The molecule has 2 fully saturated rings. The highest BCUT2D eigenvalue weighted by atomic mass is 16.6. The predicted octanol–water partition coefficient (Wildman–Crippen LogP) is -3.03. The minimum Gasteiger partial charge on any atom is -0.669 e. The van der Waals surface area contributed by atoms with Crippen LogP contribution in [0.4, 0.5) is 0 Å². The van der Waals surface area contributed by atoms with Crippen LogP contribution in [0, 0.1) is 0 Å². The van der Waals surface area contributed by atoms with Crippen molar-refractivity contribution in [2.24, 2.45) is 5.73 Å². The topological polar surface area (TPSA) is 169 Å². The molecule has 1 saturated carbocycles. The van der Waals surface area contributed by atoms with Crippen molar-refractivity contribution in [3.63, 3.8) is 0 Å². The Hall–Kier alpha value is -1.89. The second-order valence-electron chi connectivity index (χ2n) is 8.14. The number of carboxylic acid groups (broad SMARTS) is 1. The number of nitrogens with two attached hydrogens (primary N) is 1. The summed E-state index contributed by atoms with van der Waals surface area (Å²) in [5.74, 6) is -2.13. The van der Waals surface area contributed by atoms with Crippen LogP contribution in [-0.2, 0) is 0 Å². The van der Waals surface area contributed by atoms with Gasteiger partial charge in [-0.25, -0.2) is 0 Å². The lowest BCUT2D eigenvalue weighted by atomic mass is 9.68. The van der Waals surface area contributed by atoms with Crippen molar-refractivity contribution < 1.29 is 39.6 Å². The number of likely N-dealkylation sites (tertiary alicyclic amines) is 1. The standard InChI is InChI=1S/C17H24BN2O8/c19-17(7-21,8-22)6-20-4-9(5-20)27-13-2-1-10-11-3-12(11)18(25,26)28-15(10)14(13)16(23)24/h1-2,9,11-12,21-22,25-26H,3-8,19H2,(H,23,24)/q-1/p-1/t11-,12-/m0/s1. The quantitative estimate of drug-likeness (QED) is 0.300. The molecule has 10 nitrogen and oxygen atoms in total. The van der Waals surface area contributed by atoms with Gasteiger partial charge in [-0.1, -0.05) is 18.3 Å². The number of benzene rings is 1. The van der Waals surface area contributed by atoms with Crippen molar-refractivity contribution >= 4 is 12.7 Å². The molecule has 1 aliphatic carbocycles. The predicted molar refractivity (Wildman–Crippen MR) is 94.6 cm³/mol. The van der Waals surface area contributed by atoms with Crippen molar-refractivity contribution in [1.29, 1.82) is 0 Å². The molecule has 1 aromatic rings. The highest BCUT2D eigenvalue weighted by molar-refractivity contribution is 6.62. The van der Waals surface area contributed by atoms with Gasteiger partial charge in [0.25, 0.3) is 0 Å². The summed E-state index contributed by atoms with van der Waals surface area (Å²) < 4.78 is 11.0. The van der Waals surface area contributed by atoms with E-state index in [2.05, 4.69) is 0 Å². The molecule has 0 unspecified atom stereocenters. The number of carboxylic acids is 1. The molecular formula is C17H23BN2O8-2. The van der Waals surface area contributed by atoms with Crippen molar-refractivity contribution in [3.8, 4) is 11.5 Å². The Morgan fingerprint density at radius 3 is 2.64 bits per heavy atom.